The molecule has 2 aromatic carbocycles. The predicted molar refractivity (Wildman–Crippen MR) is 77.8 cm³/mol. The van der Waals surface area contributed by atoms with Gasteiger partial charge in [0.2, 0.25) is 0 Å². The van der Waals surface area contributed by atoms with Crippen LogP contribution in [0.15, 0.2) is 45.8 Å². The highest BCUT2D eigenvalue weighted by molar-refractivity contribution is 9.10. The van der Waals surface area contributed by atoms with E-state index in [-0.39, 0.29) is 10.6 Å². The molecule has 0 aliphatic heterocycles. The van der Waals surface area contributed by atoms with E-state index in [1.165, 1.54) is 12.1 Å². The van der Waals surface area contributed by atoms with E-state index >= 15 is 0 Å². The number of aromatic hydroxyl groups is 1. The van der Waals surface area contributed by atoms with Crippen molar-refractivity contribution < 1.29 is 17.9 Å². The molecule has 0 saturated heterocycles. The molecule has 0 aromatic heterocycles. The molecular weight excluding hydrogens is 349 g/mol. The van der Waals surface area contributed by atoms with E-state index in [1.54, 1.807) is 12.1 Å². The number of aryl methyl sites for hydroxylation is 1. The first-order valence-corrected chi connectivity index (χ1v) is 7.85. The lowest BCUT2D eigenvalue weighted by Gasteiger charge is -2.10. The SMILES string of the molecule is Cc1ccc(S(=O)(=O)Nc2ccc(O)c(F)c2)c(Br)c1. The Bertz CT molecular complexity index is 762. The zero-order chi connectivity index (χ0) is 14.9. The third-order valence-electron chi connectivity index (χ3n) is 2.58. The van der Waals surface area contributed by atoms with Gasteiger partial charge in [0.1, 0.15) is 4.90 Å². The van der Waals surface area contributed by atoms with Crippen molar-refractivity contribution in [3.05, 3.63) is 52.3 Å². The summed E-state index contributed by atoms with van der Waals surface area (Å²) in [5.41, 5.74) is 0.944. The van der Waals surface area contributed by atoms with Crippen LogP contribution < -0.4 is 4.72 Å². The smallest absolute Gasteiger partial charge is 0.263 e. The van der Waals surface area contributed by atoms with E-state index < -0.39 is 21.6 Å². The van der Waals surface area contributed by atoms with Gasteiger partial charge in [-0.1, -0.05) is 6.07 Å². The number of halogens is 2. The van der Waals surface area contributed by atoms with Gasteiger partial charge in [-0.25, -0.2) is 12.8 Å². The summed E-state index contributed by atoms with van der Waals surface area (Å²) in [6.45, 7) is 1.84. The Kier molecular flexibility index (Phi) is 4.01. The largest absolute Gasteiger partial charge is 0.505 e. The molecule has 4 nitrogen and oxygen atoms in total. The zero-order valence-corrected chi connectivity index (χ0v) is 12.8. The normalized spacial score (nSPS) is 11.3. The molecule has 0 atom stereocenters. The van der Waals surface area contributed by atoms with Crippen molar-refractivity contribution in [2.45, 2.75) is 11.8 Å². The molecular formula is C13H11BrFNO3S. The Morgan fingerprint density at radius 1 is 1.20 bits per heavy atom. The van der Waals surface area contributed by atoms with Crippen molar-refractivity contribution in [2.24, 2.45) is 0 Å². The van der Waals surface area contributed by atoms with Crippen molar-refractivity contribution in [2.75, 3.05) is 4.72 Å². The van der Waals surface area contributed by atoms with Crippen LogP contribution in [0.2, 0.25) is 0 Å². The van der Waals surface area contributed by atoms with Crippen LogP contribution in [0.3, 0.4) is 0 Å². The maximum absolute atomic E-state index is 13.2. The molecule has 0 aliphatic carbocycles. The molecule has 106 valence electrons. The van der Waals surface area contributed by atoms with Crippen LogP contribution in [0.25, 0.3) is 0 Å². The topological polar surface area (TPSA) is 66.4 Å². The van der Waals surface area contributed by atoms with Gasteiger partial charge in [-0.2, -0.15) is 0 Å². The second kappa shape index (κ2) is 5.41. The number of hydrogen-bond acceptors (Lipinski definition) is 3. The summed E-state index contributed by atoms with van der Waals surface area (Å²) in [6, 6.07) is 8.06. The molecule has 2 N–H and O–H groups in total. The predicted octanol–water partition coefficient (Wildman–Crippen LogP) is 3.40. The zero-order valence-electron chi connectivity index (χ0n) is 10.4. The fraction of sp³-hybridized carbons (Fsp3) is 0.0769. The fourth-order valence-corrected chi connectivity index (χ4v) is 3.85. The Balaban J connectivity index is 2.38. The first kappa shape index (κ1) is 14.8. The van der Waals surface area contributed by atoms with E-state index in [4.69, 9.17) is 5.11 Å². The first-order chi connectivity index (χ1) is 9.29. The molecule has 0 radical (unpaired) electrons. The van der Waals surface area contributed by atoms with Crippen LogP contribution in [0.1, 0.15) is 5.56 Å². The van der Waals surface area contributed by atoms with Gasteiger partial charge in [-0.15, -0.1) is 0 Å². The van der Waals surface area contributed by atoms with Gasteiger partial charge < -0.3 is 5.11 Å². The molecule has 0 fully saturated rings. The number of phenols is 1. The minimum absolute atomic E-state index is 0.0350. The average Bonchev–Trinajstić information content (AvgIpc) is 2.33. The van der Waals surface area contributed by atoms with Gasteiger partial charge in [-0.05, 0) is 52.7 Å². The number of anilines is 1. The van der Waals surface area contributed by atoms with Crippen LogP contribution in [0, 0.1) is 12.7 Å². The standard InChI is InChI=1S/C13H11BrFNO3S/c1-8-2-5-13(10(14)6-8)20(18,19)16-9-3-4-12(17)11(15)7-9/h2-7,16-17H,1H3. The van der Waals surface area contributed by atoms with Crippen molar-refractivity contribution in [1.82, 2.24) is 0 Å². The van der Waals surface area contributed by atoms with Gasteiger partial charge in [0.25, 0.3) is 10.0 Å². The van der Waals surface area contributed by atoms with E-state index in [9.17, 15) is 12.8 Å². The van der Waals surface area contributed by atoms with Crippen molar-refractivity contribution >= 4 is 31.6 Å². The molecule has 2 rings (SSSR count). The van der Waals surface area contributed by atoms with E-state index in [0.29, 0.717) is 4.47 Å². The quantitative estimate of drug-likeness (QED) is 0.825. The van der Waals surface area contributed by atoms with Gasteiger partial charge in [0.15, 0.2) is 11.6 Å². The first-order valence-electron chi connectivity index (χ1n) is 5.57. The Morgan fingerprint density at radius 2 is 1.90 bits per heavy atom. The van der Waals surface area contributed by atoms with Crippen molar-refractivity contribution in [3.8, 4) is 5.75 Å². The monoisotopic (exact) mass is 359 g/mol. The number of benzene rings is 2. The Morgan fingerprint density at radius 3 is 2.50 bits per heavy atom. The Labute approximate surface area is 124 Å². The summed E-state index contributed by atoms with van der Waals surface area (Å²) in [5, 5.41) is 9.07. The van der Waals surface area contributed by atoms with Crippen molar-refractivity contribution in [3.63, 3.8) is 0 Å². The van der Waals surface area contributed by atoms with E-state index in [0.717, 1.165) is 17.7 Å². The van der Waals surface area contributed by atoms with Gasteiger partial charge in [0, 0.05) is 10.5 Å². The number of rotatable bonds is 3. The highest BCUT2D eigenvalue weighted by atomic mass is 79.9. The molecule has 0 heterocycles. The number of nitrogens with one attached hydrogen (secondary N) is 1. The summed E-state index contributed by atoms with van der Waals surface area (Å²) in [7, 11) is -3.84. The molecule has 20 heavy (non-hydrogen) atoms. The third kappa shape index (κ3) is 3.10. The lowest BCUT2D eigenvalue weighted by Crippen LogP contribution is -2.13. The second-order valence-electron chi connectivity index (χ2n) is 4.21. The van der Waals surface area contributed by atoms with Crippen LogP contribution >= 0.6 is 15.9 Å². The summed E-state index contributed by atoms with van der Waals surface area (Å²) in [4.78, 5) is 0.0524. The number of phenolic OH excluding ortho intramolecular Hbond substituents is 1. The molecule has 7 heteroatoms. The minimum Gasteiger partial charge on any atom is -0.505 e. The van der Waals surface area contributed by atoms with Crippen molar-refractivity contribution in [1.29, 1.82) is 0 Å². The lowest BCUT2D eigenvalue weighted by atomic mass is 10.2. The van der Waals surface area contributed by atoms with Gasteiger partial charge in [0.05, 0.1) is 5.69 Å². The molecule has 0 aliphatic rings. The van der Waals surface area contributed by atoms with Gasteiger partial charge >= 0.3 is 0 Å². The number of sulfonamides is 1. The second-order valence-corrected chi connectivity index (χ2v) is 6.71. The molecule has 0 unspecified atom stereocenters. The van der Waals surface area contributed by atoms with Crippen LogP contribution in [-0.2, 0) is 10.0 Å². The molecule has 0 bridgehead atoms. The van der Waals surface area contributed by atoms with E-state index in [2.05, 4.69) is 20.7 Å². The van der Waals surface area contributed by atoms with Crippen LogP contribution in [0.4, 0.5) is 10.1 Å². The van der Waals surface area contributed by atoms with E-state index in [1.807, 2.05) is 6.92 Å². The Hall–Kier alpha value is -1.60. The summed E-state index contributed by atoms with van der Waals surface area (Å²) < 4.78 is 40.3. The highest BCUT2D eigenvalue weighted by Gasteiger charge is 2.18. The molecule has 2 aromatic rings. The lowest BCUT2D eigenvalue weighted by molar-refractivity contribution is 0.432. The molecule has 0 spiro atoms. The third-order valence-corrected chi connectivity index (χ3v) is 4.93. The molecule has 0 amide bonds. The maximum atomic E-state index is 13.2. The van der Waals surface area contributed by atoms with Crippen LogP contribution in [-0.4, -0.2) is 13.5 Å². The summed E-state index contributed by atoms with van der Waals surface area (Å²) >= 11 is 3.19. The number of hydrogen-bond donors (Lipinski definition) is 2. The van der Waals surface area contributed by atoms with Gasteiger partial charge in [-0.3, -0.25) is 4.72 Å². The summed E-state index contributed by atoms with van der Waals surface area (Å²) in [6.07, 6.45) is 0. The molecule has 0 saturated carbocycles. The fourth-order valence-electron chi connectivity index (χ4n) is 1.60. The minimum atomic E-state index is -3.84. The van der Waals surface area contributed by atoms with Crippen LogP contribution in [0.5, 0.6) is 5.75 Å². The maximum Gasteiger partial charge on any atom is 0.263 e. The average molecular weight is 360 g/mol. The highest BCUT2D eigenvalue weighted by Crippen LogP contribution is 2.26. The summed E-state index contributed by atoms with van der Waals surface area (Å²) in [5.74, 6) is -1.43.